The number of rotatable bonds is 9. The molecule has 0 atom stereocenters. The lowest BCUT2D eigenvalue weighted by atomic mass is 10.2. The third-order valence-corrected chi connectivity index (χ3v) is 6.66. The Morgan fingerprint density at radius 3 is 2.53 bits per heavy atom. The first-order chi connectivity index (χ1) is 18.2. The fraction of sp³-hybridized carbons (Fsp3) is 0.308. The molecule has 9 nitrogen and oxygen atoms in total. The van der Waals surface area contributed by atoms with Gasteiger partial charge in [-0.3, -0.25) is 24.1 Å². The Labute approximate surface area is 221 Å². The van der Waals surface area contributed by atoms with Crippen LogP contribution in [0.3, 0.4) is 0 Å². The molecule has 0 unspecified atom stereocenters. The predicted molar refractivity (Wildman–Crippen MR) is 137 cm³/mol. The average Bonchev–Trinajstić information content (AvgIpc) is 3.50. The molecule has 0 radical (unpaired) electrons. The molecule has 2 fully saturated rings. The highest BCUT2D eigenvalue weighted by Crippen LogP contribution is 2.35. The zero-order valence-electron chi connectivity index (χ0n) is 20.5. The van der Waals surface area contributed by atoms with Crippen LogP contribution in [0.4, 0.5) is 19.3 Å². The number of hydrogen-bond donors (Lipinski definition) is 1. The number of halogens is 2. The molecule has 4 rings (SSSR count). The highest BCUT2D eigenvalue weighted by molar-refractivity contribution is 8.18. The summed E-state index contributed by atoms with van der Waals surface area (Å²) in [6.07, 6.45) is 3.44. The SMILES string of the molecule is CCOc1cc(/C=C2\SC(=O)N(CC(=O)Nc3ccc(F)cc3F)C2=O)ccc1OCC(=O)N1CCCC1. The number of nitrogens with one attached hydrogen (secondary N) is 1. The molecule has 2 saturated heterocycles. The molecule has 0 saturated carbocycles. The van der Waals surface area contributed by atoms with Gasteiger partial charge in [-0.15, -0.1) is 0 Å². The minimum Gasteiger partial charge on any atom is -0.490 e. The van der Waals surface area contributed by atoms with Gasteiger partial charge < -0.3 is 19.7 Å². The van der Waals surface area contributed by atoms with Gasteiger partial charge in [0.15, 0.2) is 18.1 Å². The van der Waals surface area contributed by atoms with E-state index >= 15 is 0 Å². The number of nitrogens with zero attached hydrogens (tertiary/aromatic N) is 2. The molecular weight excluding hydrogens is 520 g/mol. The molecule has 38 heavy (non-hydrogen) atoms. The Morgan fingerprint density at radius 2 is 1.82 bits per heavy atom. The van der Waals surface area contributed by atoms with E-state index in [2.05, 4.69) is 5.32 Å². The maximum atomic E-state index is 13.8. The maximum Gasteiger partial charge on any atom is 0.294 e. The molecule has 0 aromatic heterocycles. The number of amides is 4. The fourth-order valence-corrected chi connectivity index (χ4v) is 4.75. The van der Waals surface area contributed by atoms with E-state index in [-0.39, 0.29) is 23.1 Å². The lowest BCUT2D eigenvalue weighted by molar-refractivity contribution is -0.132. The second kappa shape index (κ2) is 12.1. The van der Waals surface area contributed by atoms with Crippen molar-refractivity contribution in [1.29, 1.82) is 0 Å². The molecule has 2 aromatic rings. The van der Waals surface area contributed by atoms with Crippen LogP contribution >= 0.6 is 11.8 Å². The molecule has 2 heterocycles. The van der Waals surface area contributed by atoms with E-state index in [1.54, 1.807) is 30.0 Å². The summed E-state index contributed by atoms with van der Waals surface area (Å²) in [5.74, 6) is -2.66. The maximum absolute atomic E-state index is 13.8. The molecule has 1 N–H and O–H groups in total. The zero-order chi connectivity index (χ0) is 27.2. The molecule has 2 aliphatic heterocycles. The third-order valence-electron chi connectivity index (χ3n) is 5.76. The van der Waals surface area contributed by atoms with Crippen molar-refractivity contribution >= 4 is 46.5 Å². The summed E-state index contributed by atoms with van der Waals surface area (Å²) in [7, 11) is 0. The first-order valence-electron chi connectivity index (χ1n) is 11.9. The molecule has 0 aliphatic carbocycles. The number of carbonyl (C=O) groups excluding carboxylic acids is 4. The van der Waals surface area contributed by atoms with Crippen molar-refractivity contribution in [3.8, 4) is 11.5 Å². The summed E-state index contributed by atoms with van der Waals surface area (Å²) in [6, 6.07) is 7.51. The van der Waals surface area contributed by atoms with Crippen LogP contribution in [-0.4, -0.2) is 65.6 Å². The van der Waals surface area contributed by atoms with Gasteiger partial charge in [-0.1, -0.05) is 6.07 Å². The highest BCUT2D eigenvalue weighted by atomic mass is 32.2. The summed E-state index contributed by atoms with van der Waals surface area (Å²) in [5.41, 5.74) is 0.266. The smallest absolute Gasteiger partial charge is 0.294 e. The van der Waals surface area contributed by atoms with E-state index in [1.165, 1.54) is 6.08 Å². The number of benzene rings is 2. The van der Waals surface area contributed by atoms with Gasteiger partial charge in [0.25, 0.3) is 17.1 Å². The zero-order valence-corrected chi connectivity index (χ0v) is 21.3. The van der Waals surface area contributed by atoms with Gasteiger partial charge in [0.05, 0.1) is 17.2 Å². The van der Waals surface area contributed by atoms with Gasteiger partial charge in [-0.25, -0.2) is 8.78 Å². The number of carbonyl (C=O) groups is 4. The standard InChI is InChI=1S/C26H25F2N3O6S/c1-2-36-21-11-16(5-8-20(21)37-15-24(33)30-9-3-4-10-30)12-22-25(34)31(26(35)38-22)14-23(32)29-19-7-6-17(27)13-18(19)28/h5-8,11-13H,2-4,9-10,14-15H2,1H3,(H,29,32)/b22-12-. The van der Waals surface area contributed by atoms with E-state index in [1.807, 2.05) is 0 Å². The largest absolute Gasteiger partial charge is 0.490 e. The lowest BCUT2D eigenvalue weighted by Gasteiger charge is -2.17. The normalized spacial score (nSPS) is 16.3. The summed E-state index contributed by atoms with van der Waals surface area (Å²) >= 11 is 0.654. The topological polar surface area (TPSA) is 105 Å². The Morgan fingerprint density at radius 1 is 1.05 bits per heavy atom. The van der Waals surface area contributed by atoms with E-state index < -0.39 is 35.2 Å². The molecular formula is C26H25F2N3O6S. The quantitative estimate of drug-likeness (QED) is 0.474. The minimum atomic E-state index is -0.981. The van der Waals surface area contributed by atoms with E-state index in [9.17, 15) is 28.0 Å². The summed E-state index contributed by atoms with van der Waals surface area (Å²) in [6.45, 7) is 2.81. The molecule has 0 bridgehead atoms. The van der Waals surface area contributed by atoms with Crippen LogP contribution in [0.25, 0.3) is 6.08 Å². The number of imide groups is 1. The Hall–Kier alpha value is -3.93. The second-order valence-corrected chi connectivity index (χ2v) is 9.45. The molecule has 2 aromatic carbocycles. The predicted octanol–water partition coefficient (Wildman–Crippen LogP) is 4.04. The van der Waals surface area contributed by atoms with Crippen LogP contribution in [0, 0.1) is 11.6 Å². The van der Waals surface area contributed by atoms with E-state index in [4.69, 9.17) is 9.47 Å². The molecule has 200 valence electrons. The van der Waals surface area contributed by atoms with E-state index in [0.29, 0.717) is 41.5 Å². The van der Waals surface area contributed by atoms with E-state index in [0.717, 1.165) is 43.0 Å². The summed E-state index contributed by atoms with van der Waals surface area (Å²) in [4.78, 5) is 52.4. The number of ether oxygens (including phenoxy) is 2. The molecule has 0 spiro atoms. The summed E-state index contributed by atoms with van der Waals surface area (Å²) < 4.78 is 38.2. The van der Waals surface area contributed by atoms with Crippen molar-refractivity contribution in [2.45, 2.75) is 19.8 Å². The number of anilines is 1. The van der Waals surface area contributed by atoms with Gasteiger partial charge in [0.1, 0.15) is 18.2 Å². The molecule has 2 aliphatic rings. The Balaban J connectivity index is 1.42. The van der Waals surface area contributed by atoms with Crippen molar-refractivity contribution in [2.75, 3.05) is 38.2 Å². The minimum absolute atomic E-state index is 0.0797. The molecule has 4 amide bonds. The van der Waals surface area contributed by atoms with Crippen LogP contribution in [0.15, 0.2) is 41.3 Å². The Bertz CT molecular complexity index is 1300. The van der Waals surface area contributed by atoms with Gasteiger partial charge in [0.2, 0.25) is 5.91 Å². The highest BCUT2D eigenvalue weighted by Gasteiger charge is 2.36. The van der Waals surface area contributed by atoms with Gasteiger partial charge in [-0.2, -0.15) is 0 Å². The second-order valence-electron chi connectivity index (χ2n) is 8.46. The van der Waals surface area contributed by atoms with Crippen molar-refractivity contribution in [1.82, 2.24) is 9.80 Å². The first kappa shape index (κ1) is 27.1. The summed E-state index contributed by atoms with van der Waals surface area (Å²) in [5, 5.41) is 1.56. The van der Waals surface area contributed by atoms with Crippen molar-refractivity contribution in [3.63, 3.8) is 0 Å². The van der Waals surface area contributed by atoms with Crippen LogP contribution in [0.5, 0.6) is 11.5 Å². The number of likely N-dealkylation sites (tertiary alicyclic amines) is 1. The first-order valence-corrected chi connectivity index (χ1v) is 12.7. The third kappa shape index (κ3) is 6.49. The van der Waals surface area contributed by atoms with Gasteiger partial charge in [-0.05, 0) is 67.4 Å². The van der Waals surface area contributed by atoms with Crippen LogP contribution in [-0.2, 0) is 14.4 Å². The van der Waals surface area contributed by atoms with Gasteiger partial charge in [0, 0.05) is 19.2 Å². The average molecular weight is 546 g/mol. The number of thioether (sulfide) groups is 1. The monoisotopic (exact) mass is 545 g/mol. The van der Waals surface area contributed by atoms with Crippen molar-refractivity contribution < 1.29 is 37.4 Å². The lowest BCUT2D eigenvalue weighted by Crippen LogP contribution is -2.36. The van der Waals surface area contributed by atoms with Crippen LogP contribution in [0.1, 0.15) is 25.3 Å². The van der Waals surface area contributed by atoms with Gasteiger partial charge >= 0.3 is 0 Å². The van der Waals surface area contributed by atoms with Crippen LogP contribution in [0.2, 0.25) is 0 Å². The molecule has 12 heteroatoms. The van der Waals surface area contributed by atoms with Crippen LogP contribution < -0.4 is 14.8 Å². The Kier molecular flexibility index (Phi) is 8.62. The van der Waals surface area contributed by atoms with Crippen molar-refractivity contribution in [3.05, 3.63) is 58.5 Å². The number of hydrogen-bond acceptors (Lipinski definition) is 7. The fourth-order valence-electron chi connectivity index (χ4n) is 3.91. The van der Waals surface area contributed by atoms with Crippen molar-refractivity contribution in [2.24, 2.45) is 0 Å².